The van der Waals surface area contributed by atoms with E-state index in [1.165, 1.54) is 0 Å². The van der Waals surface area contributed by atoms with Crippen molar-refractivity contribution < 1.29 is 4.79 Å². The third-order valence-corrected chi connectivity index (χ3v) is 3.39. The summed E-state index contributed by atoms with van der Waals surface area (Å²) in [4.78, 5) is 16.4. The molecule has 5 nitrogen and oxygen atoms in total. The van der Waals surface area contributed by atoms with Crippen molar-refractivity contribution >= 4 is 28.7 Å². The molecule has 5 heteroatoms. The first-order chi connectivity index (χ1) is 10.0. The number of nitrogen functional groups attached to an aromatic ring is 1. The number of pyridine rings is 1. The lowest BCUT2D eigenvalue weighted by atomic mass is 10.0. The zero-order chi connectivity index (χ0) is 15.0. The molecule has 0 bridgehead atoms. The summed E-state index contributed by atoms with van der Waals surface area (Å²) in [6, 6.07) is 9.23. The van der Waals surface area contributed by atoms with Crippen molar-refractivity contribution in [3.05, 3.63) is 53.4 Å². The maximum atomic E-state index is 12.2. The summed E-state index contributed by atoms with van der Waals surface area (Å²) in [5, 5.41) is 6.01. The number of carbonyl (C=O) groups is 1. The van der Waals surface area contributed by atoms with Gasteiger partial charge in [0.2, 0.25) is 0 Å². The minimum Gasteiger partial charge on any atom is -0.399 e. The molecular formula is C16H16N4O. The molecule has 1 aliphatic rings. The van der Waals surface area contributed by atoms with Crippen molar-refractivity contribution in [3.63, 3.8) is 0 Å². The minimum atomic E-state index is -0.132. The number of amides is 1. The van der Waals surface area contributed by atoms with Gasteiger partial charge in [0.1, 0.15) is 5.82 Å². The largest absolute Gasteiger partial charge is 0.399 e. The number of benzene rings is 1. The standard InChI is InChI=1S/C16H16N4O/c1-9-3-6-14(18-8-9)19-10(2)15-12-7-11(17)4-5-13(12)20-16(15)21/h3-8H,17H2,1-2H3,(H,18,19)(H,20,21)/b15-10-. The first-order valence-electron chi connectivity index (χ1n) is 6.66. The van der Waals surface area contributed by atoms with E-state index in [4.69, 9.17) is 5.73 Å². The van der Waals surface area contributed by atoms with Gasteiger partial charge in [-0.05, 0) is 43.7 Å². The highest BCUT2D eigenvalue weighted by molar-refractivity contribution is 6.32. The van der Waals surface area contributed by atoms with Gasteiger partial charge in [0.05, 0.1) is 5.57 Å². The Hall–Kier alpha value is -2.82. The second-order valence-corrected chi connectivity index (χ2v) is 5.10. The second-order valence-electron chi connectivity index (χ2n) is 5.10. The predicted molar refractivity (Wildman–Crippen MR) is 84.7 cm³/mol. The molecule has 0 atom stereocenters. The molecule has 1 amide bonds. The van der Waals surface area contributed by atoms with Gasteiger partial charge in [-0.1, -0.05) is 6.07 Å². The SMILES string of the molecule is C/C(Nc1ccc(C)cn1)=C1/C(=O)Nc2ccc(N)cc21. The normalized spacial score (nSPS) is 15.4. The maximum Gasteiger partial charge on any atom is 0.258 e. The van der Waals surface area contributed by atoms with Gasteiger partial charge >= 0.3 is 0 Å². The molecule has 1 aromatic carbocycles. The van der Waals surface area contributed by atoms with Crippen molar-refractivity contribution in [1.29, 1.82) is 0 Å². The van der Waals surface area contributed by atoms with Crippen molar-refractivity contribution in [3.8, 4) is 0 Å². The highest BCUT2D eigenvalue weighted by Gasteiger charge is 2.26. The molecule has 0 saturated carbocycles. The highest BCUT2D eigenvalue weighted by atomic mass is 16.2. The van der Waals surface area contributed by atoms with Gasteiger partial charge in [-0.3, -0.25) is 4.79 Å². The monoisotopic (exact) mass is 280 g/mol. The van der Waals surface area contributed by atoms with Crippen LogP contribution in [0.1, 0.15) is 18.1 Å². The Morgan fingerprint density at radius 1 is 1.29 bits per heavy atom. The van der Waals surface area contributed by atoms with Gasteiger partial charge in [0, 0.05) is 28.8 Å². The fraction of sp³-hybridized carbons (Fsp3) is 0.125. The van der Waals surface area contributed by atoms with Crippen LogP contribution in [-0.4, -0.2) is 10.9 Å². The molecule has 2 heterocycles. The lowest BCUT2D eigenvalue weighted by Crippen LogP contribution is -2.09. The molecule has 0 spiro atoms. The van der Waals surface area contributed by atoms with Crippen LogP contribution in [-0.2, 0) is 4.79 Å². The summed E-state index contributed by atoms with van der Waals surface area (Å²) in [7, 11) is 0. The molecule has 1 aliphatic heterocycles. The number of hydrogen-bond donors (Lipinski definition) is 3. The fourth-order valence-electron chi connectivity index (χ4n) is 2.35. The van der Waals surface area contributed by atoms with Crippen molar-refractivity contribution in [2.45, 2.75) is 13.8 Å². The Kier molecular flexibility index (Phi) is 3.10. The number of nitrogens with zero attached hydrogens (tertiary/aromatic N) is 1. The Labute approximate surface area is 122 Å². The number of aromatic nitrogens is 1. The van der Waals surface area contributed by atoms with Gasteiger partial charge in [-0.2, -0.15) is 0 Å². The number of nitrogens with two attached hydrogens (primary N) is 1. The van der Waals surface area contributed by atoms with E-state index in [2.05, 4.69) is 15.6 Å². The Bertz CT molecular complexity index is 747. The van der Waals surface area contributed by atoms with Crippen molar-refractivity contribution in [2.75, 3.05) is 16.4 Å². The van der Waals surface area contributed by atoms with Crippen LogP contribution >= 0.6 is 0 Å². The number of fused-ring (bicyclic) bond motifs is 1. The molecule has 0 fully saturated rings. The third kappa shape index (κ3) is 2.45. The predicted octanol–water partition coefficient (Wildman–Crippen LogP) is 2.77. The smallest absolute Gasteiger partial charge is 0.258 e. The van der Waals surface area contributed by atoms with Crippen LogP contribution in [0.2, 0.25) is 0 Å². The average Bonchev–Trinajstić information content (AvgIpc) is 2.76. The number of hydrogen-bond acceptors (Lipinski definition) is 4. The van der Waals surface area contributed by atoms with Crippen LogP contribution < -0.4 is 16.4 Å². The van der Waals surface area contributed by atoms with E-state index in [0.29, 0.717) is 17.1 Å². The lowest BCUT2D eigenvalue weighted by molar-refractivity contribution is -0.110. The number of allylic oxidation sites excluding steroid dienone is 1. The number of aryl methyl sites for hydroxylation is 1. The summed E-state index contributed by atoms with van der Waals surface area (Å²) in [6.45, 7) is 3.83. The molecule has 1 aromatic heterocycles. The van der Waals surface area contributed by atoms with E-state index >= 15 is 0 Å². The lowest BCUT2D eigenvalue weighted by Gasteiger charge is -2.09. The average molecular weight is 280 g/mol. The summed E-state index contributed by atoms with van der Waals surface area (Å²) >= 11 is 0. The Morgan fingerprint density at radius 2 is 2.10 bits per heavy atom. The zero-order valence-corrected chi connectivity index (χ0v) is 11.9. The molecule has 0 saturated heterocycles. The van der Waals surface area contributed by atoms with Gasteiger partial charge in [-0.15, -0.1) is 0 Å². The van der Waals surface area contributed by atoms with Gasteiger partial charge in [0.15, 0.2) is 0 Å². The molecule has 3 rings (SSSR count). The van der Waals surface area contributed by atoms with E-state index < -0.39 is 0 Å². The van der Waals surface area contributed by atoms with E-state index in [-0.39, 0.29) is 5.91 Å². The number of rotatable bonds is 2. The highest BCUT2D eigenvalue weighted by Crippen LogP contribution is 2.35. The van der Waals surface area contributed by atoms with E-state index in [0.717, 1.165) is 22.5 Å². The minimum absolute atomic E-state index is 0.132. The molecule has 21 heavy (non-hydrogen) atoms. The van der Waals surface area contributed by atoms with Crippen molar-refractivity contribution in [2.24, 2.45) is 0 Å². The van der Waals surface area contributed by atoms with Crippen molar-refractivity contribution in [1.82, 2.24) is 4.98 Å². The second kappa shape index (κ2) is 4.94. The summed E-state index contributed by atoms with van der Waals surface area (Å²) in [5.41, 5.74) is 10.5. The van der Waals surface area contributed by atoms with Crippen LogP contribution in [0, 0.1) is 6.92 Å². The summed E-state index contributed by atoms with van der Waals surface area (Å²) in [6.07, 6.45) is 1.78. The molecule has 0 aliphatic carbocycles. The number of nitrogens with one attached hydrogen (secondary N) is 2. The van der Waals surface area contributed by atoms with Crippen LogP contribution in [0.25, 0.3) is 5.57 Å². The third-order valence-electron chi connectivity index (χ3n) is 3.39. The summed E-state index contributed by atoms with van der Waals surface area (Å²) in [5.74, 6) is 0.573. The molecule has 4 N–H and O–H groups in total. The summed E-state index contributed by atoms with van der Waals surface area (Å²) < 4.78 is 0. The van der Waals surface area contributed by atoms with Crippen LogP contribution in [0.4, 0.5) is 17.2 Å². The van der Waals surface area contributed by atoms with Gasteiger partial charge in [-0.25, -0.2) is 4.98 Å². The fourth-order valence-corrected chi connectivity index (χ4v) is 2.35. The first kappa shape index (κ1) is 13.2. The molecular weight excluding hydrogens is 264 g/mol. The molecule has 0 radical (unpaired) electrons. The Balaban J connectivity index is 2.00. The van der Waals surface area contributed by atoms with Gasteiger partial charge in [0.25, 0.3) is 5.91 Å². The molecule has 0 unspecified atom stereocenters. The first-order valence-corrected chi connectivity index (χ1v) is 6.66. The van der Waals surface area contributed by atoms with E-state index in [1.54, 1.807) is 18.3 Å². The number of carbonyl (C=O) groups excluding carboxylic acids is 1. The van der Waals surface area contributed by atoms with Gasteiger partial charge < -0.3 is 16.4 Å². The Morgan fingerprint density at radius 3 is 2.81 bits per heavy atom. The zero-order valence-electron chi connectivity index (χ0n) is 11.9. The van der Waals surface area contributed by atoms with E-state index in [9.17, 15) is 4.79 Å². The topological polar surface area (TPSA) is 80.0 Å². The maximum absolute atomic E-state index is 12.2. The molecule has 106 valence electrons. The number of anilines is 3. The van der Waals surface area contributed by atoms with Crippen LogP contribution in [0.5, 0.6) is 0 Å². The molecule has 2 aromatic rings. The quantitative estimate of drug-likeness (QED) is 0.583. The van der Waals surface area contributed by atoms with Crippen LogP contribution in [0.15, 0.2) is 42.2 Å². The van der Waals surface area contributed by atoms with Crippen LogP contribution in [0.3, 0.4) is 0 Å². The van der Waals surface area contributed by atoms with E-state index in [1.807, 2.05) is 32.0 Å².